The highest BCUT2D eigenvalue weighted by Crippen LogP contribution is 2.31. The molecule has 1 rings (SSSR count). The SMILES string of the molecule is CC(C)N(CC1CC1)CC(C)(C)CNC(C)(C)C. The molecule has 0 spiro atoms. The van der Waals surface area contributed by atoms with Gasteiger partial charge in [-0.2, -0.15) is 0 Å². The first kappa shape index (κ1) is 16.0. The molecule has 1 N–H and O–H groups in total. The summed E-state index contributed by atoms with van der Waals surface area (Å²) < 4.78 is 0. The molecule has 2 heteroatoms. The molecular formula is C16H34N2. The molecule has 108 valence electrons. The molecule has 1 aliphatic carbocycles. The Morgan fingerprint density at radius 2 is 1.67 bits per heavy atom. The van der Waals surface area contributed by atoms with Crippen molar-refractivity contribution in [3.8, 4) is 0 Å². The Kier molecular flexibility index (Phi) is 5.25. The minimum absolute atomic E-state index is 0.219. The fourth-order valence-corrected chi connectivity index (χ4v) is 2.20. The Morgan fingerprint density at radius 1 is 1.11 bits per heavy atom. The fourth-order valence-electron chi connectivity index (χ4n) is 2.20. The molecule has 0 bridgehead atoms. The minimum atomic E-state index is 0.219. The van der Waals surface area contributed by atoms with Crippen LogP contribution in [-0.2, 0) is 0 Å². The molecule has 0 amide bonds. The van der Waals surface area contributed by atoms with Gasteiger partial charge in [-0.15, -0.1) is 0 Å². The molecule has 18 heavy (non-hydrogen) atoms. The second-order valence-corrected chi connectivity index (χ2v) is 8.23. The molecule has 0 aliphatic heterocycles. The fraction of sp³-hybridized carbons (Fsp3) is 1.00. The van der Waals surface area contributed by atoms with Crippen molar-refractivity contribution in [3.63, 3.8) is 0 Å². The van der Waals surface area contributed by atoms with Gasteiger partial charge in [0.1, 0.15) is 0 Å². The summed E-state index contributed by atoms with van der Waals surface area (Å²) >= 11 is 0. The van der Waals surface area contributed by atoms with Crippen molar-refractivity contribution in [2.75, 3.05) is 19.6 Å². The lowest BCUT2D eigenvalue weighted by Gasteiger charge is -2.37. The lowest BCUT2D eigenvalue weighted by atomic mass is 9.90. The normalized spacial score (nSPS) is 17.8. The molecule has 1 fully saturated rings. The van der Waals surface area contributed by atoms with Crippen LogP contribution >= 0.6 is 0 Å². The lowest BCUT2D eigenvalue weighted by molar-refractivity contribution is 0.131. The van der Waals surface area contributed by atoms with E-state index in [0.717, 1.165) is 12.5 Å². The molecule has 0 radical (unpaired) electrons. The smallest absolute Gasteiger partial charge is 0.00967 e. The average Bonchev–Trinajstić information content (AvgIpc) is 2.96. The average molecular weight is 254 g/mol. The monoisotopic (exact) mass is 254 g/mol. The number of hydrogen-bond acceptors (Lipinski definition) is 2. The van der Waals surface area contributed by atoms with Crippen LogP contribution in [0.25, 0.3) is 0 Å². The highest BCUT2D eigenvalue weighted by molar-refractivity contribution is 4.85. The quantitative estimate of drug-likeness (QED) is 0.748. The first-order valence-electron chi connectivity index (χ1n) is 7.58. The zero-order valence-corrected chi connectivity index (χ0v) is 13.6. The predicted octanol–water partition coefficient (Wildman–Crippen LogP) is 3.52. The predicted molar refractivity (Wildman–Crippen MR) is 81.0 cm³/mol. The second kappa shape index (κ2) is 5.92. The van der Waals surface area contributed by atoms with Crippen LogP contribution in [0.15, 0.2) is 0 Å². The van der Waals surface area contributed by atoms with Gasteiger partial charge < -0.3 is 10.2 Å². The molecule has 2 nitrogen and oxygen atoms in total. The van der Waals surface area contributed by atoms with Crippen LogP contribution in [0.1, 0.15) is 61.3 Å². The van der Waals surface area contributed by atoms with Crippen molar-refractivity contribution in [2.45, 2.75) is 72.9 Å². The van der Waals surface area contributed by atoms with E-state index in [1.165, 1.54) is 25.9 Å². The van der Waals surface area contributed by atoms with E-state index >= 15 is 0 Å². The van der Waals surface area contributed by atoms with Gasteiger partial charge >= 0.3 is 0 Å². The zero-order chi connectivity index (χ0) is 14.0. The van der Waals surface area contributed by atoms with Gasteiger partial charge in [0.05, 0.1) is 0 Å². The van der Waals surface area contributed by atoms with Crippen molar-refractivity contribution < 1.29 is 0 Å². The summed E-state index contributed by atoms with van der Waals surface area (Å²) in [6.45, 7) is 19.7. The molecule has 1 aliphatic rings. The van der Waals surface area contributed by atoms with Gasteiger partial charge in [0.15, 0.2) is 0 Å². The zero-order valence-electron chi connectivity index (χ0n) is 13.6. The highest BCUT2D eigenvalue weighted by atomic mass is 15.2. The van der Waals surface area contributed by atoms with Crippen molar-refractivity contribution in [3.05, 3.63) is 0 Å². The van der Waals surface area contributed by atoms with Crippen LogP contribution in [0.4, 0.5) is 0 Å². The molecule has 0 aromatic heterocycles. The topological polar surface area (TPSA) is 15.3 Å². The third kappa shape index (κ3) is 6.75. The van der Waals surface area contributed by atoms with Gasteiger partial charge in [0, 0.05) is 31.2 Å². The molecule has 0 atom stereocenters. The van der Waals surface area contributed by atoms with Gasteiger partial charge in [0.2, 0.25) is 0 Å². The third-order valence-corrected chi connectivity index (χ3v) is 3.65. The summed E-state index contributed by atoms with van der Waals surface area (Å²) in [5.74, 6) is 0.985. The Labute approximate surface area is 115 Å². The van der Waals surface area contributed by atoms with Crippen LogP contribution in [0.2, 0.25) is 0 Å². The maximum Gasteiger partial charge on any atom is 0.00967 e. The van der Waals surface area contributed by atoms with Gasteiger partial charge in [-0.05, 0) is 58.8 Å². The summed E-state index contributed by atoms with van der Waals surface area (Å²) in [6, 6.07) is 0.666. The lowest BCUT2D eigenvalue weighted by Crippen LogP contribution is -2.48. The summed E-state index contributed by atoms with van der Waals surface area (Å²) in [5.41, 5.74) is 0.558. The molecule has 0 heterocycles. The van der Waals surface area contributed by atoms with Crippen molar-refractivity contribution in [2.24, 2.45) is 11.3 Å². The summed E-state index contributed by atoms with van der Waals surface area (Å²) in [4.78, 5) is 2.67. The standard InChI is InChI=1S/C16H34N2/c1-13(2)18(10-14-8-9-14)12-16(6,7)11-17-15(3,4)5/h13-14,17H,8-12H2,1-7H3. The summed E-state index contributed by atoms with van der Waals surface area (Å²) in [6.07, 6.45) is 2.90. The Morgan fingerprint density at radius 3 is 2.06 bits per heavy atom. The molecule has 0 unspecified atom stereocenters. The van der Waals surface area contributed by atoms with Crippen molar-refractivity contribution in [1.29, 1.82) is 0 Å². The second-order valence-electron chi connectivity index (χ2n) is 8.23. The van der Waals surface area contributed by atoms with E-state index in [-0.39, 0.29) is 5.54 Å². The maximum atomic E-state index is 3.65. The van der Waals surface area contributed by atoms with Gasteiger partial charge in [-0.1, -0.05) is 13.8 Å². The van der Waals surface area contributed by atoms with E-state index in [1.807, 2.05) is 0 Å². The largest absolute Gasteiger partial charge is 0.311 e. The molecule has 0 aromatic rings. The molecule has 1 saturated carbocycles. The first-order valence-corrected chi connectivity index (χ1v) is 7.58. The number of nitrogens with one attached hydrogen (secondary N) is 1. The van der Waals surface area contributed by atoms with Gasteiger partial charge in [0.25, 0.3) is 0 Å². The van der Waals surface area contributed by atoms with Crippen LogP contribution in [0, 0.1) is 11.3 Å². The van der Waals surface area contributed by atoms with Crippen molar-refractivity contribution in [1.82, 2.24) is 10.2 Å². The van der Waals surface area contributed by atoms with E-state index in [9.17, 15) is 0 Å². The Bertz CT molecular complexity index is 246. The number of rotatable bonds is 7. The van der Waals surface area contributed by atoms with Crippen LogP contribution in [0.3, 0.4) is 0 Å². The van der Waals surface area contributed by atoms with E-state index in [0.29, 0.717) is 11.5 Å². The van der Waals surface area contributed by atoms with Crippen LogP contribution in [0.5, 0.6) is 0 Å². The minimum Gasteiger partial charge on any atom is -0.311 e. The third-order valence-electron chi connectivity index (χ3n) is 3.65. The van der Waals surface area contributed by atoms with Crippen LogP contribution < -0.4 is 5.32 Å². The Balaban J connectivity index is 2.44. The van der Waals surface area contributed by atoms with Gasteiger partial charge in [-0.3, -0.25) is 0 Å². The van der Waals surface area contributed by atoms with Gasteiger partial charge in [-0.25, -0.2) is 0 Å². The molecule has 0 saturated heterocycles. The van der Waals surface area contributed by atoms with E-state index in [4.69, 9.17) is 0 Å². The molecule has 0 aromatic carbocycles. The number of nitrogens with zero attached hydrogens (tertiary/aromatic N) is 1. The maximum absolute atomic E-state index is 3.65. The van der Waals surface area contributed by atoms with E-state index < -0.39 is 0 Å². The summed E-state index contributed by atoms with van der Waals surface area (Å²) in [7, 11) is 0. The van der Waals surface area contributed by atoms with Crippen LogP contribution in [-0.4, -0.2) is 36.1 Å². The Hall–Kier alpha value is -0.0800. The molecular weight excluding hydrogens is 220 g/mol. The van der Waals surface area contributed by atoms with E-state index in [2.05, 4.69) is 58.7 Å². The van der Waals surface area contributed by atoms with E-state index in [1.54, 1.807) is 0 Å². The first-order chi connectivity index (χ1) is 8.09. The summed E-state index contributed by atoms with van der Waals surface area (Å²) in [5, 5.41) is 3.65. The van der Waals surface area contributed by atoms with Crippen molar-refractivity contribution >= 4 is 0 Å². The highest BCUT2D eigenvalue weighted by Gasteiger charge is 2.29. The number of hydrogen-bond donors (Lipinski definition) is 1.